The molecule has 1 aliphatic rings. The zero-order chi connectivity index (χ0) is 23.6. The molecule has 170 valence electrons. The summed E-state index contributed by atoms with van der Waals surface area (Å²) in [4.78, 5) is 17.3. The predicted octanol–water partition coefficient (Wildman–Crippen LogP) is 5.86. The van der Waals surface area contributed by atoms with Crippen LogP contribution in [-0.2, 0) is 6.18 Å². The zero-order valence-corrected chi connectivity index (χ0v) is 17.7. The van der Waals surface area contributed by atoms with Crippen molar-refractivity contribution in [3.63, 3.8) is 0 Å². The van der Waals surface area contributed by atoms with Crippen molar-refractivity contribution in [1.29, 1.82) is 0 Å². The molecular weight excluding hydrogens is 431 g/mol. The molecule has 1 N–H and O–H groups in total. The molecule has 0 spiro atoms. The Morgan fingerprint density at radius 2 is 1.94 bits per heavy atom. The molecule has 0 unspecified atom stereocenters. The van der Waals surface area contributed by atoms with Gasteiger partial charge in [-0.1, -0.05) is 37.4 Å². The Bertz CT molecular complexity index is 1290. The van der Waals surface area contributed by atoms with Gasteiger partial charge in [-0.2, -0.15) is 18.2 Å². The second-order valence-corrected chi connectivity index (χ2v) is 7.71. The van der Waals surface area contributed by atoms with Crippen LogP contribution in [0.3, 0.4) is 0 Å². The third-order valence-corrected chi connectivity index (χ3v) is 5.22. The van der Waals surface area contributed by atoms with E-state index in [1.165, 1.54) is 16.7 Å². The van der Waals surface area contributed by atoms with Crippen LogP contribution >= 0.6 is 0 Å². The molecule has 1 saturated carbocycles. The van der Waals surface area contributed by atoms with Crippen molar-refractivity contribution >= 4 is 16.9 Å². The Morgan fingerprint density at radius 3 is 2.55 bits per heavy atom. The highest BCUT2D eigenvalue weighted by Crippen LogP contribution is 2.37. The summed E-state index contributed by atoms with van der Waals surface area (Å²) in [5, 5.41) is 2.52. The molecule has 33 heavy (non-hydrogen) atoms. The van der Waals surface area contributed by atoms with Crippen LogP contribution in [0.2, 0.25) is 0 Å². The van der Waals surface area contributed by atoms with Crippen LogP contribution in [0.25, 0.3) is 16.7 Å². The van der Waals surface area contributed by atoms with Crippen LogP contribution in [0.1, 0.15) is 18.4 Å². The molecule has 0 aliphatic heterocycles. The maximum Gasteiger partial charge on any atom is 0.417 e. The number of pyridine rings is 2. The fourth-order valence-electron chi connectivity index (χ4n) is 3.44. The van der Waals surface area contributed by atoms with Gasteiger partial charge in [-0.05, 0) is 43.0 Å². The minimum atomic E-state index is -4.77. The molecule has 3 aromatic rings. The topological polar surface area (TPSA) is 56.1 Å². The van der Waals surface area contributed by atoms with Gasteiger partial charge in [0.25, 0.3) is 0 Å². The van der Waals surface area contributed by atoms with Gasteiger partial charge >= 0.3 is 6.18 Å². The average molecular weight is 453 g/mol. The van der Waals surface area contributed by atoms with E-state index in [4.69, 9.17) is 4.74 Å². The minimum Gasteiger partial charge on any atom is -0.477 e. The molecule has 1 aromatic carbocycles. The number of allylic oxidation sites excluding steroid dienone is 3. The van der Waals surface area contributed by atoms with E-state index in [1.54, 1.807) is 36.4 Å². The Kier molecular flexibility index (Phi) is 6.09. The molecule has 8 heteroatoms. The number of alkyl halides is 3. The number of anilines is 1. The monoisotopic (exact) mass is 453 g/mol. The lowest BCUT2D eigenvalue weighted by atomic mass is 10.1. The molecule has 0 radical (unpaired) electrons. The number of rotatable bonds is 8. The fraction of sp³-hybridized carbons (Fsp3) is 0.200. The normalized spacial score (nSPS) is 14.2. The highest BCUT2D eigenvalue weighted by molar-refractivity contribution is 5.84. The summed E-state index contributed by atoms with van der Waals surface area (Å²) in [6.07, 6.45) is 1.84. The van der Waals surface area contributed by atoms with Crippen LogP contribution in [0.4, 0.5) is 19.0 Å². The number of halogens is 3. The highest BCUT2D eigenvalue weighted by Gasteiger charge is 2.36. The van der Waals surface area contributed by atoms with E-state index in [2.05, 4.69) is 23.5 Å². The van der Waals surface area contributed by atoms with Crippen LogP contribution in [0.5, 0.6) is 5.88 Å². The number of aromatic nitrogens is 2. The summed E-state index contributed by atoms with van der Waals surface area (Å²) >= 11 is 0. The summed E-state index contributed by atoms with van der Waals surface area (Å²) in [5.74, 6) is 0.376. The molecule has 0 amide bonds. The van der Waals surface area contributed by atoms with Gasteiger partial charge in [0.05, 0.1) is 17.6 Å². The molecule has 1 aliphatic carbocycles. The van der Waals surface area contributed by atoms with Crippen molar-refractivity contribution in [3.05, 3.63) is 95.3 Å². The molecule has 2 aromatic heterocycles. The first-order valence-corrected chi connectivity index (χ1v) is 10.4. The lowest BCUT2D eigenvalue weighted by Crippen LogP contribution is -2.19. The number of hydrogen-bond acceptors (Lipinski definition) is 4. The summed E-state index contributed by atoms with van der Waals surface area (Å²) in [5.41, 5.74) is -1.02. The lowest BCUT2D eigenvalue weighted by Gasteiger charge is -2.20. The van der Waals surface area contributed by atoms with E-state index in [0.29, 0.717) is 17.3 Å². The number of nitrogens with one attached hydrogen (secondary N) is 1. The average Bonchev–Trinajstić information content (AvgIpc) is 3.61. The smallest absolute Gasteiger partial charge is 0.417 e. The van der Waals surface area contributed by atoms with Gasteiger partial charge in [0, 0.05) is 23.5 Å². The van der Waals surface area contributed by atoms with Gasteiger partial charge in [0.15, 0.2) is 11.1 Å². The van der Waals surface area contributed by atoms with Gasteiger partial charge in [0.2, 0.25) is 5.88 Å². The third kappa shape index (κ3) is 4.84. The molecule has 5 nitrogen and oxygen atoms in total. The van der Waals surface area contributed by atoms with Crippen molar-refractivity contribution < 1.29 is 17.9 Å². The van der Waals surface area contributed by atoms with Crippen LogP contribution in [-0.4, -0.2) is 16.2 Å². The summed E-state index contributed by atoms with van der Waals surface area (Å²) in [6, 6.07) is 10.6. The van der Waals surface area contributed by atoms with Crippen molar-refractivity contribution in [1.82, 2.24) is 9.55 Å². The zero-order valence-electron chi connectivity index (χ0n) is 17.7. The SMILES string of the molecule is C=C/C=C(\C=C)Nc1cc(=O)c2c(C(F)(F)F)cc(OCC3CC3)nc2n1-c1ccccc1. The maximum absolute atomic E-state index is 14.0. The van der Waals surface area contributed by atoms with E-state index >= 15 is 0 Å². The first kappa shape index (κ1) is 22.4. The molecule has 0 bridgehead atoms. The molecule has 4 rings (SSSR count). The van der Waals surface area contributed by atoms with Crippen LogP contribution in [0, 0.1) is 5.92 Å². The van der Waals surface area contributed by atoms with Crippen molar-refractivity contribution in [2.45, 2.75) is 19.0 Å². The summed E-state index contributed by atoms with van der Waals surface area (Å²) < 4.78 is 49.1. The first-order valence-electron chi connectivity index (χ1n) is 10.4. The Morgan fingerprint density at radius 1 is 1.21 bits per heavy atom. The quantitative estimate of drug-likeness (QED) is 0.434. The van der Waals surface area contributed by atoms with E-state index in [1.807, 2.05) is 0 Å². The third-order valence-electron chi connectivity index (χ3n) is 5.22. The number of ether oxygens (including phenoxy) is 1. The van der Waals surface area contributed by atoms with Crippen molar-refractivity contribution in [2.75, 3.05) is 11.9 Å². The number of benzene rings is 1. The Balaban J connectivity index is 2.04. The number of para-hydroxylation sites is 1. The molecule has 2 heterocycles. The molecular formula is C25H22F3N3O2. The van der Waals surface area contributed by atoms with Gasteiger partial charge in [-0.25, -0.2) is 0 Å². The minimum absolute atomic E-state index is 0.154. The van der Waals surface area contributed by atoms with Gasteiger partial charge in [-0.15, -0.1) is 0 Å². The van der Waals surface area contributed by atoms with Gasteiger partial charge in [0.1, 0.15) is 5.82 Å². The van der Waals surface area contributed by atoms with E-state index in [-0.39, 0.29) is 24.0 Å². The summed E-state index contributed by atoms with van der Waals surface area (Å²) in [6.45, 7) is 7.65. The standard InChI is InChI=1S/C25H22F3N3O2/c1-3-8-17(4-2)29-21-14-20(32)23-19(25(26,27)28)13-22(33-15-16-11-12-16)30-24(23)31(21)18-9-6-5-7-10-18/h3-10,13-14,16,29H,1-2,11-12,15H2/b17-8+. The van der Waals surface area contributed by atoms with Crippen LogP contribution in [0.15, 0.2) is 84.3 Å². The van der Waals surface area contributed by atoms with E-state index in [9.17, 15) is 18.0 Å². The number of hydrogen-bond donors (Lipinski definition) is 1. The number of fused-ring (bicyclic) bond motifs is 1. The van der Waals surface area contributed by atoms with E-state index in [0.717, 1.165) is 25.0 Å². The van der Waals surface area contributed by atoms with E-state index < -0.39 is 22.6 Å². The number of nitrogens with zero attached hydrogens (tertiary/aromatic N) is 2. The second-order valence-electron chi connectivity index (χ2n) is 7.71. The highest BCUT2D eigenvalue weighted by atomic mass is 19.4. The Hall–Kier alpha value is -3.81. The fourth-order valence-corrected chi connectivity index (χ4v) is 3.44. The van der Waals surface area contributed by atoms with Crippen LogP contribution < -0.4 is 15.5 Å². The first-order chi connectivity index (χ1) is 15.8. The lowest BCUT2D eigenvalue weighted by molar-refractivity contribution is -0.136. The maximum atomic E-state index is 14.0. The molecule has 0 atom stereocenters. The predicted molar refractivity (Wildman–Crippen MR) is 123 cm³/mol. The second kappa shape index (κ2) is 8.97. The van der Waals surface area contributed by atoms with Gasteiger partial charge < -0.3 is 10.1 Å². The Labute approximate surface area is 188 Å². The summed E-state index contributed by atoms with van der Waals surface area (Å²) in [7, 11) is 0. The molecule has 0 saturated heterocycles. The molecule has 1 fully saturated rings. The largest absolute Gasteiger partial charge is 0.477 e. The van der Waals surface area contributed by atoms with Gasteiger partial charge in [-0.3, -0.25) is 9.36 Å². The van der Waals surface area contributed by atoms with Crippen molar-refractivity contribution in [3.8, 4) is 11.6 Å². The van der Waals surface area contributed by atoms with Crippen molar-refractivity contribution in [2.24, 2.45) is 5.92 Å².